The van der Waals surface area contributed by atoms with Crippen LogP contribution in [-0.2, 0) is 12.8 Å². The van der Waals surface area contributed by atoms with Crippen molar-refractivity contribution in [2.75, 3.05) is 13.1 Å². The quantitative estimate of drug-likeness (QED) is 0.718. The molecule has 1 heterocycles. The van der Waals surface area contributed by atoms with Gasteiger partial charge in [-0.2, -0.15) is 0 Å². The third-order valence-electron chi connectivity index (χ3n) is 4.65. The van der Waals surface area contributed by atoms with Crippen LogP contribution in [0, 0.1) is 5.82 Å². The van der Waals surface area contributed by atoms with Crippen molar-refractivity contribution in [2.24, 2.45) is 4.99 Å². The molecule has 0 bridgehead atoms. The van der Waals surface area contributed by atoms with Crippen LogP contribution in [0.15, 0.2) is 59.6 Å². The summed E-state index contributed by atoms with van der Waals surface area (Å²) >= 11 is 6.47. The van der Waals surface area contributed by atoms with Gasteiger partial charge in [-0.1, -0.05) is 54.1 Å². The molecule has 1 N–H and O–H groups in total. The number of hydrogen-bond acceptors (Lipinski definition) is 2. The number of nitrogens with zero attached hydrogens (tertiary/aromatic N) is 1. The van der Waals surface area contributed by atoms with Gasteiger partial charge in [0.1, 0.15) is 11.7 Å². The van der Waals surface area contributed by atoms with Crippen LogP contribution >= 0.6 is 11.6 Å². The summed E-state index contributed by atoms with van der Waals surface area (Å²) < 4.78 is 14.0. The van der Waals surface area contributed by atoms with Crippen LogP contribution in [0.3, 0.4) is 0 Å². The lowest BCUT2D eigenvalue weighted by molar-refractivity contribution is 0.639. The van der Waals surface area contributed by atoms with E-state index in [0.717, 1.165) is 58.9 Å². The smallest absolute Gasteiger partial charge is 0.131 e. The van der Waals surface area contributed by atoms with Gasteiger partial charge in [-0.05, 0) is 41.5 Å². The minimum Gasteiger partial charge on any atom is -0.368 e. The van der Waals surface area contributed by atoms with Gasteiger partial charge in [0.25, 0.3) is 0 Å². The molecule has 0 aliphatic carbocycles. The summed E-state index contributed by atoms with van der Waals surface area (Å²) in [6.07, 6.45) is 1.58. The second kappa shape index (κ2) is 6.85. The van der Waals surface area contributed by atoms with E-state index < -0.39 is 0 Å². The highest BCUT2D eigenvalue weighted by Crippen LogP contribution is 2.26. The van der Waals surface area contributed by atoms with E-state index in [9.17, 15) is 4.39 Å². The maximum Gasteiger partial charge on any atom is 0.131 e. The Morgan fingerprint density at radius 1 is 0.960 bits per heavy atom. The molecule has 0 amide bonds. The van der Waals surface area contributed by atoms with Crippen molar-refractivity contribution in [1.29, 1.82) is 0 Å². The summed E-state index contributed by atoms with van der Waals surface area (Å²) in [7, 11) is 0. The average molecular weight is 353 g/mol. The van der Waals surface area contributed by atoms with E-state index in [0.29, 0.717) is 5.39 Å². The molecule has 1 aliphatic rings. The molecule has 0 unspecified atom stereocenters. The maximum absolute atomic E-state index is 14.0. The van der Waals surface area contributed by atoms with Gasteiger partial charge < -0.3 is 5.32 Å². The second-order valence-corrected chi connectivity index (χ2v) is 6.58. The molecule has 4 rings (SSSR count). The highest BCUT2D eigenvalue weighted by Gasteiger charge is 2.15. The van der Waals surface area contributed by atoms with E-state index in [1.54, 1.807) is 6.07 Å². The molecule has 25 heavy (non-hydrogen) atoms. The van der Waals surface area contributed by atoms with Gasteiger partial charge in [-0.25, -0.2) is 4.39 Å². The average Bonchev–Trinajstić information content (AvgIpc) is 3.17. The van der Waals surface area contributed by atoms with Crippen molar-refractivity contribution in [1.82, 2.24) is 5.32 Å². The summed E-state index contributed by atoms with van der Waals surface area (Å²) in [5, 5.41) is 5.70. The van der Waals surface area contributed by atoms with Crippen LogP contribution < -0.4 is 5.32 Å². The number of aryl methyl sites for hydroxylation is 1. The lowest BCUT2D eigenvalue weighted by Gasteiger charge is -2.13. The number of aliphatic imine (C=N–C) groups is 1. The van der Waals surface area contributed by atoms with E-state index in [-0.39, 0.29) is 5.82 Å². The molecule has 0 atom stereocenters. The van der Waals surface area contributed by atoms with Gasteiger partial charge >= 0.3 is 0 Å². The Hall–Kier alpha value is -2.39. The van der Waals surface area contributed by atoms with Crippen molar-refractivity contribution in [3.8, 4) is 0 Å². The monoisotopic (exact) mass is 352 g/mol. The van der Waals surface area contributed by atoms with E-state index in [1.165, 1.54) is 0 Å². The molecule has 126 valence electrons. The number of benzene rings is 3. The first kappa shape index (κ1) is 16.1. The Bertz CT molecular complexity index is 965. The van der Waals surface area contributed by atoms with E-state index >= 15 is 0 Å². The summed E-state index contributed by atoms with van der Waals surface area (Å²) in [6.45, 7) is 1.66. The minimum atomic E-state index is -0.178. The summed E-state index contributed by atoms with van der Waals surface area (Å²) in [6, 6.07) is 17.0. The standard InChI is InChI=1S/C21H18ClFN2/c22-19-7-3-6-18(21-24-12-13-25-21)16(19)10-8-14-9-11-20(23)17-5-2-1-4-15(14)17/h1-7,9,11H,8,10,12-13H2,(H,24,25). The molecule has 4 heteroatoms. The fourth-order valence-corrected chi connectivity index (χ4v) is 3.68. The first-order chi connectivity index (χ1) is 12.2. The van der Waals surface area contributed by atoms with Gasteiger partial charge in [-0.15, -0.1) is 0 Å². The van der Waals surface area contributed by atoms with Crippen molar-refractivity contribution in [2.45, 2.75) is 12.8 Å². The molecule has 3 aromatic rings. The molecule has 2 nitrogen and oxygen atoms in total. The summed E-state index contributed by atoms with van der Waals surface area (Å²) in [4.78, 5) is 4.52. The van der Waals surface area contributed by atoms with Crippen molar-refractivity contribution in [3.63, 3.8) is 0 Å². The highest BCUT2D eigenvalue weighted by molar-refractivity contribution is 6.32. The zero-order valence-corrected chi connectivity index (χ0v) is 14.5. The number of rotatable bonds is 4. The molecular weight excluding hydrogens is 335 g/mol. The van der Waals surface area contributed by atoms with Gasteiger partial charge in [0.2, 0.25) is 0 Å². The van der Waals surface area contributed by atoms with E-state index in [4.69, 9.17) is 11.6 Å². The Morgan fingerprint density at radius 3 is 2.60 bits per heavy atom. The van der Waals surface area contributed by atoms with E-state index in [2.05, 4.69) is 16.4 Å². The third-order valence-corrected chi connectivity index (χ3v) is 5.01. The van der Waals surface area contributed by atoms with Crippen LogP contribution in [0.5, 0.6) is 0 Å². The molecule has 0 radical (unpaired) electrons. The molecular formula is C21H18ClFN2. The number of amidine groups is 1. The van der Waals surface area contributed by atoms with Crippen molar-refractivity contribution < 1.29 is 4.39 Å². The van der Waals surface area contributed by atoms with Crippen LogP contribution in [0.4, 0.5) is 4.39 Å². The maximum atomic E-state index is 14.0. The van der Waals surface area contributed by atoms with Crippen molar-refractivity contribution in [3.05, 3.63) is 82.1 Å². The molecule has 0 saturated carbocycles. The largest absolute Gasteiger partial charge is 0.368 e. The van der Waals surface area contributed by atoms with Gasteiger partial charge in [0, 0.05) is 22.5 Å². The minimum absolute atomic E-state index is 0.178. The first-order valence-electron chi connectivity index (χ1n) is 8.46. The fraction of sp³-hybridized carbons (Fsp3) is 0.190. The lowest BCUT2D eigenvalue weighted by atomic mass is 9.95. The molecule has 0 aromatic heterocycles. The van der Waals surface area contributed by atoms with Crippen LogP contribution in [0.2, 0.25) is 5.02 Å². The fourth-order valence-electron chi connectivity index (χ4n) is 3.42. The van der Waals surface area contributed by atoms with Crippen LogP contribution in [0.25, 0.3) is 10.8 Å². The Kier molecular flexibility index (Phi) is 4.41. The first-order valence-corrected chi connectivity index (χ1v) is 8.84. The van der Waals surface area contributed by atoms with E-state index in [1.807, 2.05) is 42.5 Å². The van der Waals surface area contributed by atoms with Crippen molar-refractivity contribution >= 4 is 28.2 Å². The van der Waals surface area contributed by atoms with Gasteiger partial charge in [-0.3, -0.25) is 4.99 Å². The molecule has 3 aromatic carbocycles. The molecule has 0 saturated heterocycles. The SMILES string of the molecule is Fc1ccc(CCc2c(Cl)cccc2C2=NCCN2)c2ccccc12. The van der Waals surface area contributed by atoms with Crippen LogP contribution in [-0.4, -0.2) is 18.9 Å². The Labute approximate surface area is 151 Å². The normalized spacial score (nSPS) is 13.8. The predicted octanol–water partition coefficient (Wildman–Crippen LogP) is 4.77. The molecule has 1 aliphatic heterocycles. The summed E-state index contributed by atoms with van der Waals surface area (Å²) in [5.74, 6) is 0.740. The second-order valence-electron chi connectivity index (χ2n) is 6.18. The Balaban J connectivity index is 1.68. The zero-order chi connectivity index (χ0) is 17.2. The van der Waals surface area contributed by atoms with Crippen LogP contribution in [0.1, 0.15) is 16.7 Å². The third kappa shape index (κ3) is 3.12. The summed E-state index contributed by atoms with van der Waals surface area (Å²) in [5.41, 5.74) is 3.28. The van der Waals surface area contributed by atoms with Gasteiger partial charge in [0.05, 0.1) is 6.54 Å². The number of halogens is 2. The zero-order valence-electron chi connectivity index (χ0n) is 13.7. The number of hydrogen-bond donors (Lipinski definition) is 1. The lowest BCUT2D eigenvalue weighted by Crippen LogP contribution is -2.21. The molecule has 0 spiro atoms. The van der Waals surface area contributed by atoms with Gasteiger partial charge in [0.15, 0.2) is 0 Å². The number of nitrogens with one attached hydrogen (secondary N) is 1. The predicted molar refractivity (Wildman–Crippen MR) is 102 cm³/mol. The highest BCUT2D eigenvalue weighted by atomic mass is 35.5. The Morgan fingerprint density at radius 2 is 1.80 bits per heavy atom. The number of fused-ring (bicyclic) bond motifs is 1. The molecule has 0 fully saturated rings. The topological polar surface area (TPSA) is 24.4 Å².